The zero-order chi connectivity index (χ0) is 21.1. The van der Waals surface area contributed by atoms with Gasteiger partial charge in [0.15, 0.2) is 0 Å². The molecule has 0 saturated carbocycles. The largest absolute Gasteiger partial charge is 0.386 e. The number of carbonyl (C=O) groups is 1. The van der Waals surface area contributed by atoms with Crippen molar-refractivity contribution in [2.24, 2.45) is 5.92 Å². The molecule has 1 heterocycles. The van der Waals surface area contributed by atoms with Gasteiger partial charge in [0.2, 0.25) is 5.91 Å². The predicted octanol–water partition coefficient (Wildman–Crippen LogP) is 4.36. The predicted molar refractivity (Wildman–Crippen MR) is 129 cm³/mol. The lowest BCUT2D eigenvalue weighted by molar-refractivity contribution is -0.123. The summed E-state index contributed by atoms with van der Waals surface area (Å²) in [6.07, 6.45) is 3.96. The van der Waals surface area contributed by atoms with Gasteiger partial charge in [0.05, 0.1) is 11.1 Å². The van der Waals surface area contributed by atoms with Crippen molar-refractivity contribution in [3.8, 4) is 0 Å². The third kappa shape index (κ3) is 5.36. The molecule has 0 aromatic heterocycles. The molecule has 1 fully saturated rings. The van der Waals surface area contributed by atoms with E-state index in [1.807, 2.05) is 18.2 Å². The number of nitrogens with one attached hydrogen (secondary N) is 1. The van der Waals surface area contributed by atoms with Gasteiger partial charge in [-0.05, 0) is 96.1 Å². The van der Waals surface area contributed by atoms with Gasteiger partial charge >= 0.3 is 0 Å². The van der Waals surface area contributed by atoms with Crippen LogP contribution in [0.3, 0.4) is 0 Å². The van der Waals surface area contributed by atoms with Gasteiger partial charge in [0, 0.05) is 16.5 Å². The van der Waals surface area contributed by atoms with Crippen molar-refractivity contribution in [1.29, 1.82) is 0 Å². The highest BCUT2D eigenvalue weighted by Crippen LogP contribution is 2.29. The Morgan fingerprint density at radius 1 is 1.17 bits per heavy atom. The van der Waals surface area contributed by atoms with Gasteiger partial charge in [-0.3, -0.25) is 4.79 Å². The van der Waals surface area contributed by atoms with Crippen LogP contribution in [0, 0.1) is 9.49 Å². The lowest BCUT2D eigenvalue weighted by Crippen LogP contribution is -2.47. The summed E-state index contributed by atoms with van der Waals surface area (Å²) in [5.74, 6) is 0.354. The monoisotopic (exact) mass is 538 g/mol. The number of likely N-dealkylation sites (tertiary alicyclic amines) is 1. The Hall–Kier alpha value is -1.15. The zero-order valence-corrected chi connectivity index (χ0v) is 19.9. The van der Waals surface area contributed by atoms with Crippen molar-refractivity contribution in [2.75, 3.05) is 19.6 Å². The minimum atomic E-state index is -0.787. The first-order chi connectivity index (χ1) is 14.5. The molecule has 0 bridgehead atoms. The van der Waals surface area contributed by atoms with Crippen LogP contribution in [0.25, 0.3) is 0 Å². The van der Waals surface area contributed by atoms with Gasteiger partial charge < -0.3 is 15.3 Å². The van der Waals surface area contributed by atoms with Crippen LogP contribution < -0.4 is 5.32 Å². The van der Waals surface area contributed by atoms with Crippen LogP contribution in [0.2, 0.25) is 5.02 Å². The van der Waals surface area contributed by atoms with Gasteiger partial charge in [-0.1, -0.05) is 41.9 Å². The second kappa shape index (κ2) is 9.98. The topological polar surface area (TPSA) is 52.6 Å². The Balaban J connectivity index is 1.42. The Morgan fingerprint density at radius 2 is 1.83 bits per heavy atom. The van der Waals surface area contributed by atoms with E-state index in [0.717, 1.165) is 35.1 Å². The minimum absolute atomic E-state index is 0.0210. The van der Waals surface area contributed by atoms with E-state index in [-0.39, 0.29) is 11.9 Å². The zero-order valence-electron chi connectivity index (χ0n) is 17.0. The highest BCUT2D eigenvalue weighted by Gasteiger charge is 2.29. The van der Waals surface area contributed by atoms with Crippen molar-refractivity contribution in [1.82, 2.24) is 10.2 Å². The summed E-state index contributed by atoms with van der Waals surface area (Å²) in [6.45, 7) is 2.69. The second-order valence-electron chi connectivity index (χ2n) is 8.55. The number of hydrogen-bond acceptors (Lipinski definition) is 3. The van der Waals surface area contributed by atoms with Crippen LogP contribution in [-0.2, 0) is 17.6 Å². The van der Waals surface area contributed by atoms with E-state index in [2.05, 4.69) is 57.1 Å². The molecule has 2 aliphatic rings. The summed E-state index contributed by atoms with van der Waals surface area (Å²) in [7, 11) is 0. The quantitative estimate of drug-likeness (QED) is 0.515. The first kappa shape index (κ1) is 22.1. The smallest absolute Gasteiger partial charge is 0.220 e. The molecular weight excluding hydrogens is 511 g/mol. The van der Waals surface area contributed by atoms with Gasteiger partial charge in [-0.2, -0.15) is 0 Å². The van der Waals surface area contributed by atoms with Crippen LogP contribution in [0.4, 0.5) is 0 Å². The van der Waals surface area contributed by atoms with Gasteiger partial charge in [-0.25, -0.2) is 0 Å². The first-order valence-corrected chi connectivity index (χ1v) is 12.2. The highest BCUT2D eigenvalue weighted by molar-refractivity contribution is 14.1. The highest BCUT2D eigenvalue weighted by atomic mass is 127. The number of benzene rings is 2. The van der Waals surface area contributed by atoms with Crippen molar-refractivity contribution >= 4 is 40.1 Å². The number of aliphatic hydroxyl groups is 1. The summed E-state index contributed by atoms with van der Waals surface area (Å²) in [5.41, 5.74) is 3.47. The van der Waals surface area contributed by atoms with E-state index in [1.54, 1.807) is 0 Å². The minimum Gasteiger partial charge on any atom is -0.386 e. The van der Waals surface area contributed by atoms with E-state index in [4.69, 9.17) is 11.6 Å². The molecule has 2 aromatic carbocycles. The summed E-state index contributed by atoms with van der Waals surface area (Å²) in [5, 5.41) is 14.9. The van der Waals surface area contributed by atoms with Crippen LogP contribution >= 0.6 is 34.2 Å². The Kier molecular flexibility index (Phi) is 7.34. The molecule has 0 unspecified atom stereocenters. The molecule has 2 aromatic rings. The normalized spacial score (nSPS) is 18.9. The molecule has 4 rings (SSSR count). The average molecular weight is 539 g/mol. The van der Waals surface area contributed by atoms with Crippen LogP contribution in [0.1, 0.15) is 42.1 Å². The molecule has 0 radical (unpaired) electrons. The fourth-order valence-electron chi connectivity index (χ4n) is 4.72. The average Bonchev–Trinajstić information content (AvgIpc) is 3.38. The SMILES string of the molecule is O=C(CC1Cc2ccccc2C1)N[C@H](CN1CCCC1)[C@H](O)c1ccc(I)c(Cl)c1. The maximum Gasteiger partial charge on any atom is 0.220 e. The van der Waals surface area contributed by atoms with Crippen LogP contribution in [0.5, 0.6) is 0 Å². The van der Waals surface area contributed by atoms with Gasteiger partial charge in [0.25, 0.3) is 0 Å². The molecule has 1 saturated heterocycles. The number of rotatable bonds is 7. The number of amides is 1. The summed E-state index contributed by atoms with van der Waals surface area (Å²) >= 11 is 8.46. The maximum atomic E-state index is 12.9. The lowest BCUT2D eigenvalue weighted by atomic mass is 9.99. The molecule has 160 valence electrons. The molecule has 1 amide bonds. The van der Waals surface area contributed by atoms with Crippen molar-refractivity contribution in [3.63, 3.8) is 0 Å². The maximum absolute atomic E-state index is 12.9. The number of aliphatic hydroxyl groups excluding tert-OH is 1. The van der Waals surface area contributed by atoms with E-state index >= 15 is 0 Å². The molecule has 0 spiro atoms. The summed E-state index contributed by atoms with van der Waals surface area (Å²) in [4.78, 5) is 15.3. The second-order valence-corrected chi connectivity index (χ2v) is 10.1. The molecule has 4 nitrogen and oxygen atoms in total. The van der Waals surface area contributed by atoms with Gasteiger partial charge in [0.1, 0.15) is 6.10 Å². The summed E-state index contributed by atoms with van der Waals surface area (Å²) < 4.78 is 0.950. The molecule has 1 aliphatic carbocycles. The van der Waals surface area contributed by atoms with Crippen molar-refractivity contribution in [3.05, 3.63) is 67.7 Å². The van der Waals surface area contributed by atoms with Gasteiger partial charge in [-0.15, -0.1) is 0 Å². The standard InChI is InChI=1S/C24H28ClIN2O2/c25-20-14-19(7-8-21(20)26)24(30)22(15-28-9-3-4-10-28)27-23(29)13-16-11-17-5-1-2-6-18(17)12-16/h1-2,5-8,14,16,22,24,30H,3-4,9-13,15H2,(H,27,29)/t22-,24-/m1/s1. The van der Waals surface area contributed by atoms with Crippen molar-refractivity contribution < 1.29 is 9.90 Å². The fourth-order valence-corrected chi connectivity index (χ4v) is 5.24. The Morgan fingerprint density at radius 3 is 2.47 bits per heavy atom. The molecule has 2 N–H and O–H groups in total. The Labute approximate surface area is 197 Å². The molecule has 1 aliphatic heterocycles. The number of hydrogen-bond donors (Lipinski definition) is 2. The van der Waals surface area contributed by atoms with E-state index in [0.29, 0.717) is 23.9 Å². The van der Waals surface area contributed by atoms with E-state index in [1.165, 1.54) is 24.0 Å². The third-order valence-electron chi connectivity index (χ3n) is 6.28. The molecule has 2 atom stereocenters. The van der Waals surface area contributed by atoms with E-state index < -0.39 is 6.10 Å². The molecule has 6 heteroatoms. The molecule has 30 heavy (non-hydrogen) atoms. The first-order valence-electron chi connectivity index (χ1n) is 10.7. The third-order valence-corrected chi connectivity index (χ3v) is 7.85. The Bertz CT molecular complexity index is 876. The van der Waals surface area contributed by atoms with Crippen molar-refractivity contribution in [2.45, 2.75) is 44.2 Å². The number of halogens is 2. The van der Waals surface area contributed by atoms with E-state index in [9.17, 15) is 9.90 Å². The number of fused-ring (bicyclic) bond motifs is 1. The summed E-state index contributed by atoms with van der Waals surface area (Å²) in [6, 6.07) is 13.7. The number of carbonyl (C=O) groups excluding carboxylic acids is 1. The lowest BCUT2D eigenvalue weighted by Gasteiger charge is -2.29. The molecular formula is C24H28ClIN2O2. The van der Waals surface area contributed by atoms with Crippen LogP contribution in [-0.4, -0.2) is 41.6 Å². The fraction of sp³-hybridized carbons (Fsp3) is 0.458. The van der Waals surface area contributed by atoms with Crippen LogP contribution in [0.15, 0.2) is 42.5 Å². The number of nitrogens with zero attached hydrogens (tertiary/aromatic N) is 1.